The van der Waals surface area contributed by atoms with Crippen LogP contribution in [0.2, 0.25) is 0 Å². The van der Waals surface area contributed by atoms with Gasteiger partial charge in [-0.2, -0.15) is 17.7 Å². The molecule has 3 N–H and O–H groups in total. The number of nitrogens with one attached hydrogen (secondary N) is 2. The number of fused-ring (bicyclic) bond motifs is 1. The first-order chi connectivity index (χ1) is 28.0. The van der Waals surface area contributed by atoms with Crippen molar-refractivity contribution in [2.45, 2.75) is 41.5 Å². The minimum Gasteiger partial charge on any atom is -0.477 e. The number of rotatable bonds is 15. The Bertz CT molecular complexity index is 2230. The van der Waals surface area contributed by atoms with Crippen molar-refractivity contribution in [3.05, 3.63) is 155 Å². The Balaban J connectivity index is 1.10. The first-order valence-corrected chi connectivity index (χ1v) is 20.9. The number of hydrogen-bond acceptors (Lipinski definition) is 10. The average molecular weight is 846 g/mol. The maximum absolute atomic E-state index is 13.9. The normalized spacial score (nSPS) is 17.0. The standard InChI is InChI=1S/C41H35F3N6O5S3/c1-2-55-48-32(31-24-58-39(45-31)47-41(27-12-6-3-7-13-27,28-14-8-4-9-15-28)29-16-10-5-11-17-29)35(51)46-33-36(52)50-34(38(53)54)26(23-57-37(33)50)22-56-30-18-20-49(21-19-30)25-40(42,43)44/h3-21,24,33,37H,2,22-23,25H2,1H3,(H2-,45,46,47,51,53,54)/p+1/b48-32-/t33-,37-/m1/s1. The van der Waals surface area contributed by atoms with E-state index in [2.05, 4.69) is 15.8 Å². The number of amides is 2. The van der Waals surface area contributed by atoms with E-state index >= 15 is 0 Å². The number of β-lactam (4-membered cyclic amide) rings is 1. The average Bonchev–Trinajstić information content (AvgIpc) is 3.69. The number of benzene rings is 3. The number of oxime groups is 1. The summed E-state index contributed by atoms with van der Waals surface area (Å²) in [5.74, 6) is -2.18. The van der Waals surface area contributed by atoms with Crippen LogP contribution < -0.4 is 15.2 Å². The van der Waals surface area contributed by atoms with Crippen molar-refractivity contribution in [2.24, 2.45) is 5.16 Å². The van der Waals surface area contributed by atoms with Crippen molar-refractivity contribution < 1.29 is 42.1 Å². The summed E-state index contributed by atoms with van der Waals surface area (Å²) >= 11 is 3.82. The summed E-state index contributed by atoms with van der Waals surface area (Å²) < 4.78 is 39.3. The number of pyridine rings is 1. The van der Waals surface area contributed by atoms with Crippen molar-refractivity contribution in [1.82, 2.24) is 15.2 Å². The van der Waals surface area contributed by atoms with Gasteiger partial charge in [-0.3, -0.25) is 14.5 Å². The summed E-state index contributed by atoms with van der Waals surface area (Å²) in [6.07, 6.45) is -1.75. The fourth-order valence-electron chi connectivity index (χ4n) is 6.74. The zero-order chi connectivity index (χ0) is 40.9. The fraction of sp³-hybridized carbons (Fsp3) is 0.220. The number of nitrogens with zero attached hydrogens (tertiary/aromatic N) is 4. The molecule has 2 amide bonds. The lowest BCUT2D eigenvalue weighted by atomic mass is 9.77. The molecule has 298 valence electrons. The zero-order valence-corrected chi connectivity index (χ0v) is 33.2. The number of carboxylic acid groups (broad SMARTS) is 1. The van der Waals surface area contributed by atoms with E-state index in [1.807, 2.05) is 91.0 Å². The molecule has 0 bridgehead atoms. The van der Waals surface area contributed by atoms with E-state index in [1.54, 1.807) is 12.3 Å². The topological polar surface area (TPSA) is 137 Å². The summed E-state index contributed by atoms with van der Waals surface area (Å²) in [5.41, 5.74) is 2.33. The van der Waals surface area contributed by atoms with Gasteiger partial charge in [-0.05, 0) is 29.2 Å². The number of carboxylic acids is 1. The molecule has 5 aromatic rings. The monoisotopic (exact) mass is 845 g/mol. The molecule has 0 spiro atoms. The van der Waals surface area contributed by atoms with Crippen molar-refractivity contribution >= 4 is 63.5 Å². The summed E-state index contributed by atoms with van der Waals surface area (Å²) in [6, 6.07) is 31.9. The highest BCUT2D eigenvalue weighted by atomic mass is 32.2. The van der Waals surface area contributed by atoms with Gasteiger partial charge in [-0.15, -0.1) is 34.9 Å². The van der Waals surface area contributed by atoms with Crippen molar-refractivity contribution in [2.75, 3.05) is 23.4 Å². The third-order valence-corrected chi connectivity index (χ3v) is 12.5. The van der Waals surface area contributed by atoms with Gasteiger partial charge in [-0.25, -0.2) is 9.78 Å². The van der Waals surface area contributed by atoms with Gasteiger partial charge in [0.05, 0.1) is 0 Å². The van der Waals surface area contributed by atoms with Crippen LogP contribution in [-0.2, 0) is 31.3 Å². The number of carbonyl (C=O) groups excluding carboxylic acids is 2. The van der Waals surface area contributed by atoms with Gasteiger partial charge in [-0.1, -0.05) is 96.2 Å². The Labute approximate surface area is 344 Å². The van der Waals surface area contributed by atoms with Crippen LogP contribution in [0.4, 0.5) is 18.3 Å². The number of aromatic nitrogens is 2. The van der Waals surface area contributed by atoms with E-state index in [4.69, 9.17) is 9.82 Å². The minimum absolute atomic E-state index is 0.157. The third kappa shape index (κ3) is 8.61. The van der Waals surface area contributed by atoms with Crippen LogP contribution in [0, 0.1) is 0 Å². The molecule has 2 aromatic heterocycles. The van der Waals surface area contributed by atoms with E-state index in [1.165, 1.54) is 64.3 Å². The second-order valence-electron chi connectivity index (χ2n) is 13.1. The lowest BCUT2D eigenvalue weighted by Gasteiger charge is -2.49. The molecule has 0 unspecified atom stereocenters. The molecule has 2 aliphatic rings. The van der Waals surface area contributed by atoms with E-state index in [0.29, 0.717) is 15.6 Å². The molecule has 58 heavy (non-hydrogen) atoms. The number of anilines is 1. The van der Waals surface area contributed by atoms with Crippen LogP contribution >= 0.6 is 34.9 Å². The van der Waals surface area contributed by atoms with E-state index < -0.39 is 47.5 Å². The number of carbonyl (C=O) groups is 3. The highest BCUT2D eigenvalue weighted by Crippen LogP contribution is 2.43. The SMILES string of the molecule is CCO/N=C(\C(=O)N[C@@H]1C(=O)N2C(C(=O)O)=C(CSc3cc[n+](CC(F)(F)F)cc3)CS[C@H]12)c1csc(NC(c2ccccc2)(c2ccccc2)c2ccccc2)n1. The fourth-order valence-corrected chi connectivity index (χ4v) is 9.86. The number of thiazole rings is 1. The molecule has 4 heterocycles. The van der Waals surface area contributed by atoms with Gasteiger partial charge < -0.3 is 20.6 Å². The predicted molar refractivity (Wildman–Crippen MR) is 216 cm³/mol. The number of halogens is 3. The Morgan fingerprint density at radius 1 is 0.966 bits per heavy atom. The zero-order valence-electron chi connectivity index (χ0n) is 30.8. The van der Waals surface area contributed by atoms with Crippen LogP contribution in [0.1, 0.15) is 29.3 Å². The van der Waals surface area contributed by atoms with Crippen molar-refractivity contribution in [3.63, 3.8) is 0 Å². The Morgan fingerprint density at radius 2 is 1.55 bits per heavy atom. The van der Waals surface area contributed by atoms with Crippen molar-refractivity contribution in [1.29, 1.82) is 0 Å². The number of alkyl halides is 3. The third-order valence-electron chi connectivity index (χ3n) is 9.33. The van der Waals surface area contributed by atoms with Gasteiger partial charge in [0, 0.05) is 33.9 Å². The summed E-state index contributed by atoms with van der Waals surface area (Å²) in [5, 5.41) is 22.2. The summed E-state index contributed by atoms with van der Waals surface area (Å²) in [7, 11) is 0. The molecule has 11 nitrogen and oxygen atoms in total. The van der Waals surface area contributed by atoms with Crippen LogP contribution in [0.15, 0.2) is 142 Å². The maximum atomic E-state index is 13.9. The highest BCUT2D eigenvalue weighted by Gasteiger charge is 2.54. The van der Waals surface area contributed by atoms with Crippen LogP contribution in [0.3, 0.4) is 0 Å². The smallest absolute Gasteiger partial charge is 0.448 e. The lowest BCUT2D eigenvalue weighted by Crippen LogP contribution is -2.71. The predicted octanol–water partition coefficient (Wildman–Crippen LogP) is 6.67. The second-order valence-corrected chi connectivity index (χ2v) is 16.1. The quantitative estimate of drug-likeness (QED) is 0.0264. The highest BCUT2D eigenvalue weighted by molar-refractivity contribution is 8.01. The molecule has 0 radical (unpaired) electrons. The van der Waals surface area contributed by atoms with Crippen LogP contribution in [-0.4, -0.2) is 74.2 Å². The molecule has 2 aliphatic heterocycles. The van der Waals surface area contributed by atoms with Crippen molar-refractivity contribution in [3.8, 4) is 0 Å². The summed E-state index contributed by atoms with van der Waals surface area (Å²) in [4.78, 5) is 51.9. The van der Waals surface area contributed by atoms with Crippen LogP contribution in [0.25, 0.3) is 0 Å². The number of hydrogen-bond donors (Lipinski definition) is 3. The molecular weight excluding hydrogens is 810 g/mol. The van der Waals surface area contributed by atoms with E-state index in [0.717, 1.165) is 21.3 Å². The Hall–Kier alpha value is -5.65. The van der Waals surface area contributed by atoms with Gasteiger partial charge >= 0.3 is 12.1 Å². The van der Waals surface area contributed by atoms with Gasteiger partial charge in [0.25, 0.3) is 11.8 Å². The van der Waals surface area contributed by atoms with E-state index in [9.17, 15) is 32.7 Å². The molecule has 2 atom stereocenters. The molecular formula is C41H36F3N6O5S3+. The van der Waals surface area contributed by atoms with Gasteiger partial charge in [0.15, 0.2) is 23.2 Å². The number of aliphatic carboxylic acids is 1. The van der Waals surface area contributed by atoms with Crippen LogP contribution in [0.5, 0.6) is 0 Å². The molecule has 17 heteroatoms. The second kappa shape index (κ2) is 17.5. The molecule has 7 rings (SSSR count). The summed E-state index contributed by atoms with van der Waals surface area (Å²) in [6.45, 7) is 0.743. The molecule has 3 aromatic carbocycles. The lowest BCUT2D eigenvalue weighted by molar-refractivity contribution is -0.719. The van der Waals surface area contributed by atoms with Gasteiger partial charge in [0.2, 0.25) is 6.54 Å². The Morgan fingerprint density at radius 3 is 2.09 bits per heavy atom. The number of thioether (sulfide) groups is 2. The Kier molecular flexibility index (Phi) is 12.2. The largest absolute Gasteiger partial charge is 0.477 e. The minimum atomic E-state index is -4.36. The molecule has 0 aliphatic carbocycles. The molecule has 1 fully saturated rings. The first-order valence-electron chi connectivity index (χ1n) is 18.0. The maximum Gasteiger partial charge on any atom is 0.448 e. The molecule has 0 saturated carbocycles. The van der Waals surface area contributed by atoms with Gasteiger partial charge in [0.1, 0.15) is 35.0 Å². The first kappa shape index (κ1) is 40.5. The van der Waals surface area contributed by atoms with E-state index in [-0.39, 0.29) is 35.2 Å². The molecule has 1 saturated heterocycles.